The normalized spacial score (nSPS) is 19.6. The molecule has 0 radical (unpaired) electrons. The maximum absolute atomic E-state index is 4.01. The Bertz CT molecular complexity index is 294. The molecular formula is C8H7N3. The second-order valence-electron chi connectivity index (χ2n) is 2.18. The zero-order valence-corrected chi connectivity index (χ0v) is 5.88. The van der Waals surface area contributed by atoms with Crippen LogP contribution in [0.25, 0.3) is 0 Å². The Hall–Kier alpha value is -1.64. The molecule has 0 unspecified atom stereocenters. The maximum atomic E-state index is 4.01. The Labute approximate surface area is 64.8 Å². The Morgan fingerprint density at radius 1 is 1.18 bits per heavy atom. The number of fused-ring (bicyclic) bond motifs is 1. The molecule has 0 aliphatic carbocycles. The van der Waals surface area contributed by atoms with Crippen molar-refractivity contribution in [2.75, 3.05) is 0 Å². The van der Waals surface area contributed by atoms with E-state index in [9.17, 15) is 0 Å². The Morgan fingerprint density at radius 2 is 2.18 bits per heavy atom. The van der Waals surface area contributed by atoms with Gasteiger partial charge in [0.05, 0.1) is 18.1 Å². The lowest BCUT2D eigenvalue weighted by atomic mass is 10.4. The van der Waals surface area contributed by atoms with Gasteiger partial charge in [-0.1, -0.05) is 0 Å². The van der Waals surface area contributed by atoms with Gasteiger partial charge in [0.25, 0.3) is 0 Å². The van der Waals surface area contributed by atoms with E-state index in [0.717, 1.165) is 5.70 Å². The van der Waals surface area contributed by atoms with E-state index in [1.54, 1.807) is 24.8 Å². The van der Waals surface area contributed by atoms with E-state index in [1.807, 2.05) is 23.4 Å². The highest BCUT2D eigenvalue weighted by Crippen LogP contribution is 2.09. The first-order chi connectivity index (χ1) is 5.47. The molecule has 11 heavy (non-hydrogen) atoms. The number of hydrogen-bond acceptors (Lipinski definition) is 3. The molecule has 3 heteroatoms. The second-order valence-corrected chi connectivity index (χ2v) is 2.18. The fraction of sp³-hybridized carbons (Fsp3) is 0. The fourth-order valence-corrected chi connectivity index (χ4v) is 0.919. The van der Waals surface area contributed by atoms with Crippen LogP contribution < -0.4 is 0 Å². The van der Waals surface area contributed by atoms with Crippen molar-refractivity contribution in [3.8, 4) is 0 Å². The highest BCUT2D eigenvalue weighted by molar-refractivity contribution is 5.82. The van der Waals surface area contributed by atoms with Crippen molar-refractivity contribution in [1.82, 2.24) is 4.90 Å². The van der Waals surface area contributed by atoms with E-state index in [4.69, 9.17) is 0 Å². The quantitative estimate of drug-likeness (QED) is 0.504. The first-order valence-corrected chi connectivity index (χ1v) is 3.35. The second kappa shape index (κ2) is 2.54. The van der Waals surface area contributed by atoms with Crippen molar-refractivity contribution < 1.29 is 0 Å². The molecule has 2 aliphatic heterocycles. The lowest BCUT2D eigenvalue weighted by molar-refractivity contribution is 0.658. The van der Waals surface area contributed by atoms with Gasteiger partial charge in [-0.25, -0.2) is 0 Å². The molecule has 0 fully saturated rings. The smallest absolute Gasteiger partial charge is 0.0819 e. The molecule has 0 amide bonds. The number of rotatable bonds is 0. The predicted molar refractivity (Wildman–Crippen MR) is 45.2 cm³/mol. The van der Waals surface area contributed by atoms with E-state index >= 15 is 0 Å². The molecule has 2 rings (SSSR count). The van der Waals surface area contributed by atoms with Gasteiger partial charge in [-0.05, 0) is 6.08 Å². The predicted octanol–water partition coefficient (Wildman–Crippen LogP) is 1.28. The lowest BCUT2D eigenvalue weighted by Gasteiger charge is -2.15. The third-order valence-electron chi connectivity index (χ3n) is 1.44. The average Bonchev–Trinajstić information content (AvgIpc) is 2.28. The number of allylic oxidation sites excluding steroid dienone is 2. The summed E-state index contributed by atoms with van der Waals surface area (Å²) in [5, 5.41) is 0. The summed E-state index contributed by atoms with van der Waals surface area (Å²) in [6.07, 6.45) is 12.7. The summed E-state index contributed by atoms with van der Waals surface area (Å²) in [6, 6.07) is 0. The summed E-state index contributed by atoms with van der Waals surface area (Å²) in [7, 11) is 0. The van der Waals surface area contributed by atoms with Crippen LogP contribution in [-0.2, 0) is 0 Å². The first-order valence-electron chi connectivity index (χ1n) is 3.35. The van der Waals surface area contributed by atoms with Gasteiger partial charge in [0.2, 0.25) is 0 Å². The van der Waals surface area contributed by atoms with Crippen LogP contribution in [0.1, 0.15) is 0 Å². The third-order valence-corrected chi connectivity index (χ3v) is 1.44. The minimum absolute atomic E-state index is 0.984. The molecule has 0 aromatic carbocycles. The fourth-order valence-electron chi connectivity index (χ4n) is 0.919. The Kier molecular flexibility index (Phi) is 1.41. The summed E-state index contributed by atoms with van der Waals surface area (Å²) in [5.41, 5.74) is 0.984. The van der Waals surface area contributed by atoms with Crippen molar-refractivity contribution in [2.45, 2.75) is 0 Å². The van der Waals surface area contributed by atoms with Gasteiger partial charge in [-0.3, -0.25) is 9.98 Å². The summed E-state index contributed by atoms with van der Waals surface area (Å²) >= 11 is 0. The van der Waals surface area contributed by atoms with Crippen LogP contribution in [0.2, 0.25) is 0 Å². The van der Waals surface area contributed by atoms with Gasteiger partial charge in [-0.15, -0.1) is 0 Å². The van der Waals surface area contributed by atoms with Gasteiger partial charge < -0.3 is 4.90 Å². The van der Waals surface area contributed by atoms with Crippen molar-refractivity contribution in [3.05, 3.63) is 36.6 Å². The number of hydrogen-bond donors (Lipinski definition) is 0. The monoisotopic (exact) mass is 145 g/mol. The number of aliphatic imine (C=N–C) groups is 2. The van der Waals surface area contributed by atoms with Crippen molar-refractivity contribution in [1.29, 1.82) is 0 Å². The molecule has 0 saturated heterocycles. The molecule has 0 N–H and O–H groups in total. The molecule has 2 heterocycles. The van der Waals surface area contributed by atoms with Crippen LogP contribution >= 0.6 is 0 Å². The van der Waals surface area contributed by atoms with Gasteiger partial charge >= 0.3 is 0 Å². The van der Waals surface area contributed by atoms with Gasteiger partial charge in [0.15, 0.2) is 0 Å². The van der Waals surface area contributed by atoms with Crippen LogP contribution in [0, 0.1) is 0 Å². The van der Waals surface area contributed by atoms with Crippen LogP contribution in [-0.4, -0.2) is 17.3 Å². The molecule has 0 aromatic rings. The van der Waals surface area contributed by atoms with Crippen LogP contribution in [0.3, 0.4) is 0 Å². The molecule has 0 spiro atoms. The van der Waals surface area contributed by atoms with E-state index in [0.29, 0.717) is 0 Å². The Balaban J connectivity index is 2.39. The van der Waals surface area contributed by atoms with Crippen molar-refractivity contribution >= 4 is 12.4 Å². The van der Waals surface area contributed by atoms with Crippen molar-refractivity contribution in [2.24, 2.45) is 9.98 Å². The highest BCUT2D eigenvalue weighted by Gasteiger charge is 2.03. The zero-order chi connectivity index (χ0) is 7.52. The van der Waals surface area contributed by atoms with Crippen LogP contribution in [0.15, 0.2) is 46.6 Å². The molecular weight excluding hydrogens is 138 g/mol. The molecule has 2 aliphatic rings. The van der Waals surface area contributed by atoms with E-state index in [1.165, 1.54) is 0 Å². The average molecular weight is 145 g/mol. The molecule has 0 bridgehead atoms. The minimum atomic E-state index is 0.984. The van der Waals surface area contributed by atoms with E-state index in [-0.39, 0.29) is 0 Å². The third kappa shape index (κ3) is 1.12. The van der Waals surface area contributed by atoms with Gasteiger partial charge in [0, 0.05) is 24.8 Å². The Morgan fingerprint density at radius 3 is 3.18 bits per heavy atom. The summed E-state index contributed by atoms with van der Waals surface area (Å²) in [4.78, 5) is 9.95. The largest absolute Gasteiger partial charge is 0.320 e. The van der Waals surface area contributed by atoms with E-state index in [2.05, 4.69) is 9.98 Å². The molecule has 3 nitrogen and oxygen atoms in total. The first kappa shape index (κ1) is 6.09. The summed E-state index contributed by atoms with van der Waals surface area (Å²) in [5.74, 6) is 0. The standard InChI is InChI=1S/C8H7N3/c1-2-9-6-8-7-10-3-5-11(8)4-1/h1-7H. The lowest BCUT2D eigenvalue weighted by Crippen LogP contribution is -2.11. The minimum Gasteiger partial charge on any atom is -0.320 e. The van der Waals surface area contributed by atoms with Gasteiger partial charge in [0.1, 0.15) is 0 Å². The molecule has 0 saturated carbocycles. The van der Waals surface area contributed by atoms with Crippen LogP contribution in [0.5, 0.6) is 0 Å². The van der Waals surface area contributed by atoms with Crippen molar-refractivity contribution in [3.63, 3.8) is 0 Å². The zero-order valence-electron chi connectivity index (χ0n) is 5.88. The molecule has 0 atom stereocenters. The molecule has 54 valence electrons. The van der Waals surface area contributed by atoms with Crippen LogP contribution in [0.4, 0.5) is 0 Å². The summed E-state index contributed by atoms with van der Waals surface area (Å²) in [6.45, 7) is 0. The summed E-state index contributed by atoms with van der Waals surface area (Å²) < 4.78 is 0. The maximum Gasteiger partial charge on any atom is 0.0819 e. The molecule has 0 aromatic heterocycles. The van der Waals surface area contributed by atoms with Gasteiger partial charge in [-0.2, -0.15) is 0 Å². The number of nitrogens with zero attached hydrogens (tertiary/aromatic N) is 3. The SMILES string of the molecule is C1=CN2C=CN=CC2=CN=C1. The highest BCUT2D eigenvalue weighted by atomic mass is 15.1. The topological polar surface area (TPSA) is 28.0 Å². The van der Waals surface area contributed by atoms with E-state index < -0.39 is 0 Å².